The van der Waals surface area contributed by atoms with E-state index in [1.54, 1.807) is 4.90 Å². The van der Waals surface area contributed by atoms with Gasteiger partial charge >= 0.3 is 0 Å². The van der Waals surface area contributed by atoms with E-state index in [2.05, 4.69) is 0 Å². The molecule has 1 aromatic rings. The number of halogens is 3. The van der Waals surface area contributed by atoms with Gasteiger partial charge in [0.05, 0.1) is 11.6 Å². The highest BCUT2D eigenvalue weighted by molar-refractivity contribution is 6.00. The molecule has 2 N–H and O–H groups in total. The van der Waals surface area contributed by atoms with Crippen LogP contribution in [-0.4, -0.2) is 42.4 Å². The lowest BCUT2D eigenvalue weighted by molar-refractivity contribution is -0.136. The number of nitrogens with zero attached hydrogens (tertiary/aromatic N) is 2. The van der Waals surface area contributed by atoms with Gasteiger partial charge in [0.25, 0.3) is 0 Å². The number of nitrogens with two attached hydrogens (primary N) is 1. The Labute approximate surface area is 145 Å². The molecule has 2 aliphatic rings. The minimum atomic E-state index is -0.796. The zero-order valence-electron chi connectivity index (χ0n) is 13.1. The van der Waals surface area contributed by atoms with Gasteiger partial charge in [-0.1, -0.05) is 0 Å². The molecule has 5 nitrogen and oxygen atoms in total. The lowest BCUT2D eigenvalue weighted by atomic mass is 10.0. The molecule has 0 saturated carbocycles. The number of carbonyl (C=O) groups is 2. The van der Waals surface area contributed by atoms with Crippen molar-refractivity contribution in [2.24, 2.45) is 11.7 Å². The van der Waals surface area contributed by atoms with Gasteiger partial charge < -0.3 is 15.5 Å². The fourth-order valence-electron chi connectivity index (χ4n) is 3.18. The number of hydrogen-bond acceptors (Lipinski definition) is 3. The minimum Gasteiger partial charge on any atom is -0.342 e. The van der Waals surface area contributed by atoms with Crippen LogP contribution < -0.4 is 10.6 Å². The van der Waals surface area contributed by atoms with Crippen LogP contribution in [0.1, 0.15) is 19.3 Å². The fraction of sp³-hybridized carbons (Fsp3) is 0.500. The summed E-state index contributed by atoms with van der Waals surface area (Å²) in [4.78, 5) is 27.6. The second-order valence-electron chi connectivity index (χ2n) is 6.16. The summed E-state index contributed by atoms with van der Waals surface area (Å²) in [5, 5.41) is 0. The molecule has 0 radical (unpaired) electrons. The normalized spacial score (nSPS) is 21.8. The highest BCUT2D eigenvalue weighted by Crippen LogP contribution is 2.29. The van der Waals surface area contributed by atoms with Gasteiger partial charge in [-0.15, -0.1) is 12.4 Å². The quantitative estimate of drug-likeness (QED) is 0.873. The average molecular weight is 360 g/mol. The van der Waals surface area contributed by atoms with Gasteiger partial charge in [0.15, 0.2) is 0 Å². The van der Waals surface area contributed by atoms with E-state index in [1.807, 2.05) is 0 Å². The lowest BCUT2D eigenvalue weighted by Gasteiger charge is -2.31. The molecule has 0 aliphatic carbocycles. The summed E-state index contributed by atoms with van der Waals surface area (Å²) in [6, 6.07) is 3.19. The van der Waals surface area contributed by atoms with E-state index in [-0.39, 0.29) is 48.9 Å². The summed E-state index contributed by atoms with van der Waals surface area (Å²) < 4.78 is 26.9. The van der Waals surface area contributed by atoms with Crippen LogP contribution in [0.3, 0.4) is 0 Å². The number of benzene rings is 1. The molecule has 0 spiro atoms. The zero-order chi connectivity index (χ0) is 16.6. The first-order valence-electron chi connectivity index (χ1n) is 7.75. The zero-order valence-corrected chi connectivity index (χ0v) is 13.9. The van der Waals surface area contributed by atoms with Crippen LogP contribution in [0.25, 0.3) is 0 Å². The van der Waals surface area contributed by atoms with Crippen molar-refractivity contribution in [3.05, 3.63) is 29.8 Å². The van der Waals surface area contributed by atoms with Crippen LogP contribution in [0.4, 0.5) is 14.5 Å². The molecule has 1 atom stereocenters. The van der Waals surface area contributed by atoms with Crippen molar-refractivity contribution in [2.45, 2.75) is 25.3 Å². The van der Waals surface area contributed by atoms with E-state index in [0.29, 0.717) is 13.1 Å². The molecule has 8 heteroatoms. The van der Waals surface area contributed by atoms with Gasteiger partial charge in [-0.05, 0) is 25.0 Å². The van der Waals surface area contributed by atoms with Crippen LogP contribution in [0.5, 0.6) is 0 Å². The van der Waals surface area contributed by atoms with Gasteiger partial charge in [0, 0.05) is 38.2 Å². The van der Waals surface area contributed by atoms with E-state index in [4.69, 9.17) is 5.73 Å². The van der Waals surface area contributed by atoms with Crippen LogP contribution in [-0.2, 0) is 9.59 Å². The summed E-state index contributed by atoms with van der Waals surface area (Å²) >= 11 is 0. The third-order valence-corrected chi connectivity index (χ3v) is 4.53. The van der Waals surface area contributed by atoms with Crippen molar-refractivity contribution in [1.82, 2.24) is 4.90 Å². The SMILES string of the molecule is Cl.NC1CCN(C(=O)C2CC(=O)N(c3ccc(F)cc3F)C2)CC1. The largest absolute Gasteiger partial charge is 0.342 e. The summed E-state index contributed by atoms with van der Waals surface area (Å²) in [5.41, 5.74) is 5.85. The molecular formula is C16H20ClF2N3O2. The number of anilines is 1. The van der Waals surface area contributed by atoms with Crippen molar-refractivity contribution in [3.63, 3.8) is 0 Å². The van der Waals surface area contributed by atoms with Gasteiger partial charge in [0.2, 0.25) is 11.8 Å². The smallest absolute Gasteiger partial charge is 0.228 e. The molecule has 3 rings (SSSR count). The fourth-order valence-corrected chi connectivity index (χ4v) is 3.18. The van der Waals surface area contributed by atoms with Crippen LogP contribution in [0.15, 0.2) is 18.2 Å². The summed E-state index contributed by atoms with van der Waals surface area (Å²) in [6.07, 6.45) is 1.56. The van der Waals surface area contributed by atoms with Crippen LogP contribution in [0, 0.1) is 17.6 Å². The second-order valence-corrected chi connectivity index (χ2v) is 6.16. The first kappa shape index (κ1) is 18.6. The third-order valence-electron chi connectivity index (χ3n) is 4.53. The Morgan fingerprint density at radius 1 is 1.21 bits per heavy atom. The molecule has 1 aromatic carbocycles. The molecule has 2 fully saturated rings. The Balaban J connectivity index is 0.00000208. The maximum atomic E-state index is 13.9. The van der Waals surface area contributed by atoms with Crippen molar-refractivity contribution in [2.75, 3.05) is 24.5 Å². The number of piperidine rings is 1. The highest BCUT2D eigenvalue weighted by Gasteiger charge is 2.38. The summed E-state index contributed by atoms with van der Waals surface area (Å²) in [7, 11) is 0. The highest BCUT2D eigenvalue weighted by atomic mass is 35.5. The Bertz CT molecular complexity index is 636. The summed E-state index contributed by atoms with van der Waals surface area (Å²) in [6.45, 7) is 1.31. The van der Waals surface area contributed by atoms with Gasteiger partial charge in [0.1, 0.15) is 11.6 Å². The molecule has 0 aromatic heterocycles. The molecule has 2 aliphatic heterocycles. The minimum absolute atomic E-state index is 0. The Kier molecular flexibility index (Phi) is 5.77. The topological polar surface area (TPSA) is 66.6 Å². The lowest BCUT2D eigenvalue weighted by Crippen LogP contribution is -2.45. The van der Waals surface area contributed by atoms with Crippen LogP contribution >= 0.6 is 12.4 Å². The number of hydrogen-bond donors (Lipinski definition) is 1. The predicted octanol–water partition coefficient (Wildman–Crippen LogP) is 1.69. The molecule has 2 heterocycles. The van der Waals surface area contributed by atoms with Gasteiger partial charge in [-0.25, -0.2) is 8.78 Å². The van der Waals surface area contributed by atoms with Gasteiger partial charge in [-0.3, -0.25) is 9.59 Å². The molecule has 0 bridgehead atoms. The molecule has 24 heavy (non-hydrogen) atoms. The molecule has 1 unspecified atom stereocenters. The van der Waals surface area contributed by atoms with Crippen molar-refractivity contribution < 1.29 is 18.4 Å². The molecular weight excluding hydrogens is 340 g/mol. The maximum Gasteiger partial charge on any atom is 0.228 e. The van der Waals surface area contributed by atoms with Crippen molar-refractivity contribution >= 4 is 29.9 Å². The average Bonchev–Trinajstić information content (AvgIpc) is 2.89. The maximum absolute atomic E-state index is 13.9. The Morgan fingerprint density at radius 3 is 2.50 bits per heavy atom. The third kappa shape index (κ3) is 3.67. The first-order chi connectivity index (χ1) is 11.0. The molecule has 132 valence electrons. The first-order valence-corrected chi connectivity index (χ1v) is 7.75. The summed E-state index contributed by atoms with van der Waals surface area (Å²) in [5.74, 6) is -2.38. The number of rotatable bonds is 2. The standard InChI is InChI=1S/C16H19F2N3O2.ClH/c17-11-1-2-14(13(18)8-11)21-9-10(7-15(21)22)16(23)20-5-3-12(19)4-6-20;/h1-2,8,10,12H,3-7,9,19H2;1H. The van der Waals surface area contributed by atoms with E-state index >= 15 is 0 Å². The van der Waals surface area contributed by atoms with Crippen molar-refractivity contribution in [3.8, 4) is 0 Å². The predicted molar refractivity (Wildman–Crippen MR) is 87.9 cm³/mol. The Morgan fingerprint density at radius 2 is 1.88 bits per heavy atom. The van der Waals surface area contributed by atoms with Crippen molar-refractivity contribution in [1.29, 1.82) is 0 Å². The van der Waals surface area contributed by atoms with Gasteiger partial charge in [-0.2, -0.15) is 0 Å². The Hall–Kier alpha value is -1.73. The second kappa shape index (κ2) is 7.44. The van der Waals surface area contributed by atoms with E-state index < -0.39 is 17.6 Å². The van der Waals surface area contributed by atoms with E-state index in [1.165, 1.54) is 11.0 Å². The molecule has 2 saturated heterocycles. The molecule has 2 amide bonds. The number of amides is 2. The monoisotopic (exact) mass is 359 g/mol. The van der Waals surface area contributed by atoms with Crippen LogP contribution in [0.2, 0.25) is 0 Å². The van der Waals surface area contributed by atoms with E-state index in [0.717, 1.165) is 25.0 Å². The number of carbonyl (C=O) groups excluding carboxylic acids is 2. The number of likely N-dealkylation sites (tertiary alicyclic amines) is 1. The van der Waals surface area contributed by atoms with E-state index in [9.17, 15) is 18.4 Å².